The van der Waals surface area contributed by atoms with Crippen LogP contribution >= 0.6 is 0 Å². The normalized spacial score (nSPS) is 15.8. The van der Waals surface area contributed by atoms with Gasteiger partial charge in [0.15, 0.2) is 0 Å². The molecule has 0 unspecified atom stereocenters. The predicted molar refractivity (Wildman–Crippen MR) is 107 cm³/mol. The summed E-state index contributed by atoms with van der Waals surface area (Å²) in [5.74, 6) is -0.397. The van der Waals surface area contributed by atoms with Crippen molar-refractivity contribution in [3.05, 3.63) is 83.4 Å². The zero-order valence-electron chi connectivity index (χ0n) is 15.1. The maximum atomic E-state index is 12.4. The lowest BCUT2D eigenvalue weighted by Crippen LogP contribution is -2.39. The summed E-state index contributed by atoms with van der Waals surface area (Å²) in [4.78, 5) is 24.7. The molecule has 0 heterocycles. The van der Waals surface area contributed by atoms with Gasteiger partial charge in [-0.1, -0.05) is 54.6 Å². The first-order valence-electron chi connectivity index (χ1n) is 9.35. The number of carbonyl (C=O) groups excluding carboxylic acids is 2. The Bertz CT molecular complexity index is 996. The largest absolute Gasteiger partial charge is 0.348 e. The summed E-state index contributed by atoms with van der Waals surface area (Å²) in [6.07, 6.45) is 3.05. The molecule has 0 saturated carbocycles. The molecule has 0 spiro atoms. The van der Waals surface area contributed by atoms with Crippen molar-refractivity contribution in [2.45, 2.75) is 25.3 Å². The summed E-state index contributed by atoms with van der Waals surface area (Å²) in [6, 6.07) is 21.7. The second-order valence-corrected chi connectivity index (χ2v) is 6.96. The number of fused-ring (bicyclic) bond motifs is 2. The van der Waals surface area contributed by atoms with E-state index >= 15 is 0 Å². The number of amides is 2. The van der Waals surface area contributed by atoms with Crippen LogP contribution in [0.4, 0.5) is 0 Å². The van der Waals surface area contributed by atoms with E-state index in [0.29, 0.717) is 5.56 Å². The number of aryl methyl sites for hydroxylation is 1. The highest BCUT2D eigenvalue weighted by Gasteiger charge is 2.21. The van der Waals surface area contributed by atoms with E-state index in [2.05, 4.69) is 22.8 Å². The average molecular weight is 358 g/mol. The Morgan fingerprint density at radius 2 is 1.70 bits per heavy atom. The Balaban J connectivity index is 1.37. The van der Waals surface area contributed by atoms with Crippen molar-refractivity contribution in [2.75, 3.05) is 6.54 Å². The van der Waals surface area contributed by atoms with Gasteiger partial charge in [-0.2, -0.15) is 0 Å². The molecule has 3 aromatic carbocycles. The lowest BCUT2D eigenvalue weighted by Gasteiger charge is -2.26. The lowest BCUT2D eigenvalue weighted by atomic mass is 9.88. The first kappa shape index (κ1) is 17.3. The number of benzene rings is 3. The molecule has 27 heavy (non-hydrogen) atoms. The summed E-state index contributed by atoms with van der Waals surface area (Å²) in [7, 11) is 0. The maximum absolute atomic E-state index is 12.4. The van der Waals surface area contributed by atoms with E-state index in [4.69, 9.17) is 0 Å². The quantitative estimate of drug-likeness (QED) is 0.746. The molecule has 1 aliphatic carbocycles. The molecule has 3 aromatic rings. The Labute approximate surface area is 158 Å². The topological polar surface area (TPSA) is 58.2 Å². The molecular weight excluding hydrogens is 336 g/mol. The van der Waals surface area contributed by atoms with Crippen molar-refractivity contribution in [2.24, 2.45) is 0 Å². The van der Waals surface area contributed by atoms with Crippen molar-refractivity contribution in [3.8, 4) is 0 Å². The molecule has 0 radical (unpaired) electrons. The number of hydrogen-bond donors (Lipinski definition) is 2. The zero-order valence-corrected chi connectivity index (χ0v) is 15.1. The molecule has 1 atom stereocenters. The molecule has 0 bridgehead atoms. The van der Waals surface area contributed by atoms with Gasteiger partial charge in [-0.3, -0.25) is 9.59 Å². The number of nitrogens with one attached hydrogen (secondary N) is 2. The summed E-state index contributed by atoms with van der Waals surface area (Å²) in [6.45, 7) is -0.0235. The minimum absolute atomic E-state index is 0.0235. The average Bonchev–Trinajstić information content (AvgIpc) is 2.72. The fourth-order valence-electron chi connectivity index (χ4n) is 3.74. The summed E-state index contributed by atoms with van der Waals surface area (Å²) in [5.41, 5.74) is 3.05. The summed E-state index contributed by atoms with van der Waals surface area (Å²) < 4.78 is 0. The minimum atomic E-state index is -0.236. The maximum Gasteiger partial charge on any atom is 0.251 e. The van der Waals surface area contributed by atoms with Crippen molar-refractivity contribution in [1.82, 2.24) is 10.6 Å². The van der Waals surface area contributed by atoms with Gasteiger partial charge < -0.3 is 10.6 Å². The first-order chi connectivity index (χ1) is 13.2. The van der Waals surface area contributed by atoms with Crippen molar-refractivity contribution < 1.29 is 9.59 Å². The van der Waals surface area contributed by atoms with Gasteiger partial charge in [-0.05, 0) is 53.3 Å². The van der Waals surface area contributed by atoms with Crippen LogP contribution in [-0.4, -0.2) is 18.4 Å². The molecule has 2 N–H and O–H groups in total. The fourth-order valence-corrected chi connectivity index (χ4v) is 3.74. The molecule has 4 heteroatoms. The Morgan fingerprint density at radius 1 is 0.926 bits per heavy atom. The molecule has 1 aliphatic rings. The molecule has 0 saturated heterocycles. The number of carbonyl (C=O) groups is 2. The van der Waals surface area contributed by atoms with Gasteiger partial charge in [0.05, 0.1) is 12.6 Å². The van der Waals surface area contributed by atoms with Crippen molar-refractivity contribution in [1.29, 1.82) is 0 Å². The molecule has 136 valence electrons. The number of rotatable bonds is 4. The zero-order chi connectivity index (χ0) is 18.6. The van der Waals surface area contributed by atoms with E-state index in [-0.39, 0.29) is 24.4 Å². The van der Waals surface area contributed by atoms with Crippen molar-refractivity contribution >= 4 is 22.6 Å². The summed E-state index contributed by atoms with van der Waals surface area (Å²) in [5, 5.41) is 7.88. The van der Waals surface area contributed by atoms with Gasteiger partial charge >= 0.3 is 0 Å². The molecule has 4 rings (SSSR count). The standard InChI is InChI=1S/C23H22N2O2/c26-22(25-21-11-5-9-17-7-3-4-10-20(17)21)15-24-23(27)19-13-12-16-6-1-2-8-18(16)14-19/h1-4,6-8,10,12-14,21H,5,9,11,15H2,(H,24,27)(H,25,26)/t21-/m1/s1. The van der Waals surface area contributed by atoms with Crippen molar-refractivity contribution in [3.63, 3.8) is 0 Å². The SMILES string of the molecule is O=C(CNC(=O)c1ccc2ccccc2c1)N[C@@H]1CCCc2ccccc21. The van der Waals surface area contributed by atoms with E-state index in [0.717, 1.165) is 30.0 Å². The van der Waals surface area contributed by atoms with Crippen LogP contribution in [0.5, 0.6) is 0 Å². The van der Waals surface area contributed by atoms with E-state index in [1.54, 1.807) is 6.07 Å². The Morgan fingerprint density at radius 3 is 2.59 bits per heavy atom. The van der Waals surface area contributed by atoms with E-state index < -0.39 is 0 Å². The van der Waals surface area contributed by atoms with Crippen LogP contribution in [0.2, 0.25) is 0 Å². The van der Waals surface area contributed by atoms with E-state index in [9.17, 15) is 9.59 Å². The third kappa shape index (κ3) is 3.85. The van der Waals surface area contributed by atoms with Crippen LogP contribution in [0, 0.1) is 0 Å². The highest BCUT2D eigenvalue weighted by atomic mass is 16.2. The third-order valence-corrected chi connectivity index (χ3v) is 5.13. The second kappa shape index (κ2) is 7.62. The predicted octanol–water partition coefficient (Wildman–Crippen LogP) is 3.76. The summed E-state index contributed by atoms with van der Waals surface area (Å²) >= 11 is 0. The van der Waals surface area contributed by atoms with Gasteiger partial charge in [0.1, 0.15) is 0 Å². The van der Waals surface area contributed by atoms with Crippen LogP contribution in [0.3, 0.4) is 0 Å². The number of hydrogen-bond acceptors (Lipinski definition) is 2. The van der Waals surface area contributed by atoms with Gasteiger partial charge in [0.25, 0.3) is 5.91 Å². The fraction of sp³-hybridized carbons (Fsp3) is 0.217. The van der Waals surface area contributed by atoms with Crippen LogP contribution < -0.4 is 10.6 Å². The van der Waals surface area contributed by atoms with Crippen LogP contribution in [0.25, 0.3) is 10.8 Å². The third-order valence-electron chi connectivity index (χ3n) is 5.13. The van der Waals surface area contributed by atoms with E-state index in [1.807, 2.05) is 48.5 Å². The molecule has 0 fully saturated rings. The Hall–Kier alpha value is -3.14. The second-order valence-electron chi connectivity index (χ2n) is 6.96. The highest BCUT2D eigenvalue weighted by Crippen LogP contribution is 2.29. The molecule has 0 aliphatic heterocycles. The van der Waals surface area contributed by atoms with Gasteiger partial charge in [0.2, 0.25) is 5.91 Å². The smallest absolute Gasteiger partial charge is 0.251 e. The van der Waals surface area contributed by atoms with Crippen LogP contribution in [0.15, 0.2) is 66.7 Å². The Kier molecular flexibility index (Phi) is 4.88. The monoisotopic (exact) mass is 358 g/mol. The highest BCUT2D eigenvalue weighted by molar-refractivity contribution is 6.00. The minimum Gasteiger partial charge on any atom is -0.348 e. The van der Waals surface area contributed by atoms with Crippen LogP contribution in [-0.2, 0) is 11.2 Å². The van der Waals surface area contributed by atoms with Gasteiger partial charge in [0, 0.05) is 5.56 Å². The lowest BCUT2D eigenvalue weighted by molar-refractivity contribution is -0.121. The molecule has 4 nitrogen and oxygen atoms in total. The molecular formula is C23H22N2O2. The van der Waals surface area contributed by atoms with E-state index in [1.165, 1.54) is 11.1 Å². The molecule has 2 amide bonds. The van der Waals surface area contributed by atoms with Gasteiger partial charge in [-0.15, -0.1) is 0 Å². The molecule has 0 aromatic heterocycles. The first-order valence-corrected chi connectivity index (χ1v) is 9.35. The van der Waals surface area contributed by atoms with Crippen LogP contribution in [0.1, 0.15) is 40.4 Å². The van der Waals surface area contributed by atoms with Gasteiger partial charge in [-0.25, -0.2) is 0 Å².